The Labute approximate surface area is 197 Å². The van der Waals surface area contributed by atoms with E-state index in [0.29, 0.717) is 24.6 Å². The Morgan fingerprint density at radius 1 is 1.03 bits per heavy atom. The normalized spacial score (nSPS) is 13.7. The number of carbonyl (C=O) groups excluding carboxylic acids is 3. The monoisotopic (exact) mass is 467 g/mol. The highest BCUT2D eigenvalue weighted by atomic mass is 32.1. The summed E-state index contributed by atoms with van der Waals surface area (Å²) in [7, 11) is 0. The highest BCUT2D eigenvalue weighted by molar-refractivity contribution is 7.11. The summed E-state index contributed by atoms with van der Waals surface area (Å²) < 4.78 is 0. The molecular weight excluding hydrogens is 438 g/mol. The van der Waals surface area contributed by atoms with Crippen LogP contribution in [0.2, 0.25) is 0 Å². The zero-order valence-corrected chi connectivity index (χ0v) is 19.2. The van der Waals surface area contributed by atoms with E-state index in [2.05, 4.69) is 10.6 Å². The highest BCUT2D eigenvalue weighted by Gasteiger charge is 2.25. The van der Waals surface area contributed by atoms with Crippen LogP contribution >= 0.6 is 11.3 Å². The first-order valence-electron chi connectivity index (χ1n) is 11.1. The fraction of sp³-hybridized carbons (Fsp3) is 0.320. The summed E-state index contributed by atoms with van der Waals surface area (Å²) in [4.78, 5) is 36.5. The molecule has 33 heavy (non-hydrogen) atoms. The predicted octanol–water partition coefficient (Wildman–Crippen LogP) is 3.76. The van der Waals surface area contributed by atoms with E-state index >= 15 is 0 Å². The van der Waals surface area contributed by atoms with Gasteiger partial charge < -0.3 is 10.6 Å². The largest absolute Gasteiger partial charge is 0.353 e. The lowest BCUT2D eigenvalue weighted by Gasteiger charge is -2.07. The molecule has 1 heterocycles. The Kier molecular flexibility index (Phi) is 9.41. The smallest absolute Gasteiger partial charge is 0.252 e. The molecule has 0 unspecified atom stereocenters. The molecule has 1 aromatic heterocycles. The minimum absolute atomic E-state index is 0.0442. The average molecular weight is 468 g/mol. The van der Waals surface area contributed by atoms with Crippen molar-refractivity contribution in [3.63, 3.8) is 0 Å². The summed E-state index contributed by atoms with van der Waals surface area (Å²) in [6.45, 7) is 0.530. The summed E-state index contributed by atoms with van der Waals surface area (Å²) in [5, 5.41) is 16.3. The number of benzene rings is 1. The summed E-state index contributed by atoms with van der Waals surface area (Å²) in [5.74, 6) is -0.617. The fourth-order valence-corrected chi connectivity index (χ4v) is 3.87. The lowest BCUT2D eigenvalue weighted by molar-refractivity contribution is -0.129. The van der Waals surface area contributed by atoms with E-state index in [4.69, 9.17) is 5.21 Å². The Hall–Kier alpha value is -3.23. The molecule has 174 valence electrons. The van der Waals surface area contributed by atoms with Crippen molar-refractivity contribution >= 4 is 46.8 Å². The molecular formula is C25H29N3O4S. The van der Waals surface area contributed by atoms with Gasteiger partial charge in [-0.1, -0.05) is 36.8 Å². The van der Waals surface area contributed by atoms with Gasteiger partial charge >= 0.3 is 0 Å². The van der Waals surface area contributed by atoms with Crippen LogP contribution in [0.5, 0.6) is 0 Å². The van der Waals surface area contributed by atoms with E-state index in [1.54, 1.807) is 22.9 Å². The number of carbonyl (C=O) groups is 3. The molecule has 0 atom stereocenters. The quantitative estimate of drug-likeness (QED) is 0.165. The number of amides is 3. The first-order valence-corrected chi connectivity index (χ1v) is 12.0. The Morgan fingerprint density at radius 2 is 1.79 bits per heavy atom. The third-order valence-electron chi connectivity index (χ3n) is 5.12. The maximum Gasteiger partial charge on any atom is 0.252 e. The number of nitrogens with one attached hydrogen (secondary N) is 3. The van der Waals surface area contributed by atoms with Crippen LogP contribution in [-0.2, 0) is 14.4 Å². The summed E-state index contributed by atoms with van der Waals surface area (Å²) >= 11 is 1.54. The standard InChI is InChI=1S/C25H29N3O4S/c29-23(26-15-3-1-2-6-24(30)28-32)14-11-18-7-9-19(10-8-18)17-21(22-5-4-16-33-22)25(31)27-20-12-13-20/h4-5,7-11,14,16-17,20,32H,1-3,6,12-13,15H2,(H,26,29)(H,27,31)(H,28,30)/b14-11?,21-17-. The van der Waals surface area contributed by atoms with E-state index in [-0.39, 0.29) is 18.2 Å². The molecule has 3 amide bonds. The van der Waals surface area contributed by atoms with Crippen LogP contribution in [0.1, 0.15) is 54.5 Å². The van der Waals surface area contributed by atoms with Gasteiger partial charge in [0, 0.05) is 30.0 Å². The van der Waals surface area contributed by atoms with Crippen molar-refractivity contribution in [2.75, 3.05) is 6.54 Å². The minimum Gasteiger partial charge on any atom is -0.353 e. The predicted molar refractivity (Wildman–Crippen MR) is 130 cm³/mol. The number of thiophene rings is 1. The summed E-state index contributed by atoms with van der Waals surface area (Å²) in [6, 6.07) is 11.9. The Morgan fingerprint density at radius 3 is 2.45 bits per heavy atom. The van der Waals surface area contributed by atoms with Gasteiger partial charge in [0.05, 0.1) is 5.57 Å². The van der Waals surface area contributed by atoms with Crippen molar-refractivity contribution in [1.29, 1.82) is 0 Å². The molecule has 1 aliphatic rings. The number of unbranched alkanes of at least 4 members (excludes halogenated alkanes) is 2. The molecule has 2 aromatic rings. The SMILES string of the molecule is O=C(C=Cc1ccc(/C=C(\C(=O)NC2CC2)c2cccs2)cc1)NCCCCCC(=O)NO. The second-order valence-corrected chi connectivity index (χ2v) is 8.87. The van der Waals surface area contributed by atoms with Gasteiger partial charge in [0.15, 0.2) is 0 Å². The second-order valence-electron chi connectivity index (χ2n) is 7.92. The zero-order chi connectivity index (χ0) is 23.5. The Bertz CT molecular complexity index is 993. The molecule has 0 spiro atoms. The van der Waals surface area contributed by atoms with Gasteiger partial charge in [0.1, 0.15) is 0 Å². The molecule has 1 saturated carbocycles. The average Bonchev–Trinajstić information content (AvgIpc) is 3.47. The third-order valence-corrected chi connectivity index (χ3v) is 6.03. The van der Waals surface area contributed by atoms with Crippen LogP contribution in [0.3, 0.4) is 0 Å². The molecule has 7 nitrogen and oxygen atoms in total. The van der Waals surface area contributed by atoms with E-state index in [1.165, 1.54) is 6.08 Å². The first kappa shape index (κ1) is 24.4. The molecule has 3 rings (SSSR count). The van der Waals surface area contributed by atoms with Crippen molar-refractivity contribution in [3.05, 3.63) is 63.9 Å². The topological polar surface area (TPSA) is 108 Å². The number of hydrogen-bond acceptors (Lipinski definition) is 5. The van der Waals surface area contributed by atoms with Gasteiger partial charge in [0.2, 0.25) is 11.8 Å². The van der Waals surface area contributed by atoms with E-state index in [1.807, 2.05) is 47.9 Å². The summed E-state index contributed by atoms with van der Waals surface area (Å²) in [5.41, 5.74) is 4.07. The second kappa shape index (κ2) is 12.7. The lowest BCUT2D eigenvalue weighted by atomic mass is 10.1. The van der Waals surface area contributed by atoms with Crippen LogP contribution in [-0.4, -0.2) is 35.5 Å². The van der Waals surface area contributed by atoms with Gasteiger partial charge in [-0.05, 0) is 60.4 Å². The van der Waals surface area contributed by atoms with Crippen molar-refractivity contribution in [2.24, 2.45) is 0 Å². The van der Waals surface area contributed by atoms with Gasteiger partial charge in [-0.25, -0.2) is 5.48 Å². The first-order chi connectivity index (χ1) is 16.0. The van der Waals surface area contributed by atoms with Gasteiger partial charge in [-0.15, -0.1) is 11.3 Å². The fourth-order valence-electron chi connectivity index (χ4n) is 3.13. The maximum atomic E-state index is 12.7. The van der Waals surface area contributed by atoms with Crippen LogP contribution < -0.4 is 16.1 Å². The molecule has 0 radical (unpaired) electrons. The van der Waals surface area contributed by atoms with Crippen molar-refractivity contribution in [2.45, 2.75) is 44.6 Å². The van der Waals surface area contributed by atoms with Gasteiger partial charge in [-0.2, -0.15) is 0 Å². The third kappa shape index (κ3) is 8.67. The zero-order valence-electron chi connectivity index (χ0n) is 18.4. The van der Waals surface area contributed by atoms with Crippen molar-refractivity contribution in [3.8, 4) is 0 Å². The number of hydroxylamine groups is 1. The molecule has 0 saturated heterocycles. The number of rotatable bonds is 12. The molecule has 4 N–H and O–H groups in total. The highest BCUT2D eigenvalue weighted by Crippen LogP contribution is 2.26. The van der Waals surface area contributed by atoms with E-state index in [9.17, 15) is 14.4 Å². The molecule has 1 aromatic carbocycles. The van der Waals surface area contributed by atoms with Crippen LogP contribution in [0, 0.1) is 0 Å². The number of hydrogen-bond donors (Lipinski definition) is 4. The van der Waals surface area contributed by atoms with Gasteiger partial charge in [-0.3, -0.25) is 19.6 Å². The molecule has 8 heteroatoms. The summed E-state index contributed by atoms with van der Waals surface area (Å²) in [6.07, 6.45) is 9.71. The molecule has 1 fully saturated rings. The minimum atomic E-state index is -0.396. The van der Waals surface area contributed by atoms with Crippen LogP contribution in [0.15, 0.2) is 47.9 Å². The van der Waals surface area contributed by atoms with Crippen LogP contribution in [0.25, 0.3) is 17.7 Å². The van der Waals surface area contributed by atoms with Crippen molar-refractivity contribution in [1.82, 2.24) is 16.1 Å². The molecule has 0 bridgehead atoms. The van der Waals surface area contributed by atoms with E-state index in [0.717, 1.165) is 41.7 Å². The molecule has 1 aliphatic carbocycles. The van der Waals surface area contributed by atoms with Gasteiger partial charge in [0.25, 0.3) is 5.91 Å². The van der Waals surface area contributed by atoms with Crippen molar-refractivity contribution < 1.29 is 19.6 Å². The maximum absolute atomic E-state index is 12.7. The molecule has 0 aliphatic heterocycles. The lowest BCUT2D eigenvalue weighted by Crippen LogP contribution is -2.26. The van der Waals surface area contributed by atoms with E-state index < -0.39 is 5.91 Å². The van der Waals surface area contributed by atoms with Crippen LogP contribution in [0.4, 0.5) is 0 Å². The Balaban J connectivity index is 1.49.